The number of aromatic nitrogens is 3. The predicted octanol–water partition coefficient (Wildman–Crippen LogP) is 1.01. The molecule has 10 heteroatoms. The average Bonchev–Trinajstić information content (AvgIpc) is 3.31. The lowest BCUT2D eigenvalue weighted by Gasteiger charge is -2.16. The van der Waals surface area contributed by atoms with Gasteiger partial charge in [0.2, 0.25) is 5.91 Å². The summed E-state index contributed by atoms with van der Waals surface area (Å²) in [5.41, 5.74) is 1.43. The van der Waals surface area contributed by atoms with E-state index in [0.29, 0.717) is 25.2 Å². The predicted molar refractivity (Wildman–Crippen MR) is 104 cm³/mol. The summed E-state index contributed by atoms with van der Waals surface area (Å²) in [6, 6.07) is 8.93. The molecule has 1 saturated heterocycles. The Morgan fingerprint density at radius 1 is 1.33 bits per heavy atom. The zero-order valence-electron chi connectivity index (χ0n) is 15.3. The minimum atomic E-state index is -0.215. The molecule has 146 valence electrons. The summed E-state index contributed by atoms with van der Waals surface area (Å²) in [6.45, 7) is 1.00. The van der Waals surface area contributed by atoms with Crippen LogP contribution < -0.4 is 16.0 Å². The van der Waals surface area contributed by atoms with Gasteiger partial charge in [0, 0.05) is 26.3 Å². The molecule has 27 heavy (non-hydrogen) atoms. The third-order valence-corrected chi connectivity index (χ3v) is 4.37. The molecule has 0 spiro atoms. The highest BCUT2D eigenvalue weighted by Gasteiger charge is 2.30. The van der Waals surface area contributed by atoms with Crippen LogP contribution in [0.4, 0.5) is 10.5 Å². The van der Waals surface area contributed by atoms with E-state index in [1.807, 2.05) is 36.5 Å². The first-order valence-corrected chi connectivity index (χ1v) is 8.49. The lowest BCUT2D eigenvalue weighted by Crippen LogP contribution is -2.38. The number of para-hydroxylation sites is 1. The molecule has 0 bridgehead atoms. The number of carbonyl (C=O) groups is 2. The number of anilines is 1. The van der Waals surface area contributed by atoms with Crippen LogP contribution in [0.25, 0.3) is 0 Å². The van der Waals surface area contributed by atoms with E-state index in [9.17, 15) is 9.59 Å². The highest BCUT2D eigenvalue weighted by Crippen LogP contribution is 2.19. The van der Waals surface area contributed by atoms with Crippen molar-refractivity contribution in [3.8, 4) is 0 Å². The van der Waals surface area contributed by atoms with Crippen LogP contribution in [-0.4, -0.2) is 58.5 Å². The molecule has 0 radical (unpaired) electrons. The maximum absolute atomic E-state index is 12.2. The highest BCUT2D eigenvalue weighted by molar-refractivity contribution is 5.89. The Bertz CT molecular complexity index is 768. The Hall–Kier alpha value is -2.65. The van der Waals surface area contributed by atoms with Crippen LogP contribution in [0, 0.1) is 0 Å². The molecule has 1 aliphatic rings. The number of likely N-dealkylation sites (N-methyl/N-ethyl adjacent to an activating group) is 1. The van der Waals surface area contributed by atoms with Crippen LogP contribution in [0.5, 0.6) is 0 Å². The van der Waals surface area contributed by atoms with Gasteiger partial charge >= 0.3 is 6.03 Å². The van der Waals surface area contributed by atoms with Gasteiger partial charge in [0.1, 0.15) is 5.69 Å². The molecule has 0 saturated carbocycles. The number of nitrogens with one attached hydrogen (secondary N) is 3. The van der Waals surface area contributed by atoms with E-state index in [1.165, 1.54) is 0 Å². The molecule has 1 aliphatic heterocycles. The van der Waals surface area contributed by atoms with E-state index < -0.39 is 0 Å². The Labute approximate surface area is 163 Å². The second-order valence-corrected chi connectivity index (χ2v) is 6.31. The fraction of sp³-hybridized carbons (Fsp3) is 0.412. The molecule has 3 rings (SSSR count). The standard InChI is InChI=1S/C17H23N7O2.ClH/c1-18-16(25)15-8-14(9-19-15)24-11-13(21-22-24)10-23(2)17(26)20-12-6-4-3-5-7-12;/h3-7,11,14-15,19H,8-10H2,1-2H3,(H,18,25)(H,20,26);1H/t14-,15-;/m0./s1. The molecule has 1 aromatic carbocycles. The molecule has 2 aromatic rings. The Morgan fingerprint density at radius 2 is 2.07 bits per heavy atom. The summed E-state index contributed by atoms with van der Waals surface area (Å²) in [5.74, 6) is -0.0230. The molecular weight excluding hydrogens is 370 g/mol. The van der Waals surface area contributed by atoms with Crippen molar-refractivity contribution in [3.63, 3.8) is 0 Å². The molecule has 3 N–H and O–H groups in total. The smallest absolute Gasteiger partial charge is 0.321 e. The monoisotopic (exact) mass is 393 g/mol. The molecule has 1 fully saturated rings. The van der Waals surface area contributed by atoms with Crippen LogP contribution in [-0.2, 0) is 11.3 Å². The maximum Gasteiger partial charge on any atom is 0.321 e. The number of halogens is 1. The van der Waals surface area contributed by atoms with Crippen LogP contribution in [0.1, 0.15) is 18.2 Å². The number of rotatable bonds is 5. The van der Waals surface area contributed by atoms with E-state index in [0.717, 1.165) is 5.69 Å². The van der Waals surface area contributed by atoms with E-state index in [-0.39, 0.29) is 36.4 Å². The van der Waals surface area contributed by atoms with Crippen LogP contribution in [0.15, 0.2) is 36.5 Å². The largest absolute Gasteiger partial charge is 0.358 e. The van der Waals surface area contributed by atoms with Gasteiger partial charge in [0.15, 0.2) is 0 Å². The quantitative estimate of drug-likeness (QED) is 0.703. The lowest BCUT2D eigenvalue weighted by atomic mass is 10.1. The molecular formula is C17H24ClN7O2. The maximum atomic E-state index is 12.2. The molecule has 3 amide bonds. The molecule has 0 aliphatic carbocycles. The van der Waals surface area contributed by atoms with E-state index in [2.05, 4.69) is 26.3 Å². The van der Waals surface area contributed by atoms with Gasteiger partial charge in [-0.05, 0) is 18.6 Å². The second kappa shape index (κ2) is 9.33. The topological polar surface area (TPSA) is 104 Å². The van der Waals surface area contributed by atoms with Crippen molar-refractivity contribution in [2.75, 3.05) is 26.0 Å². The summed E-state index contributed by atoms with van der Waals surface area (Å²) < 4.78 is 1.76. The van der Waals surface area contributed by atoms with Crippen molar-refractivity contribution in [2.45, 2.75) is 25.0 Å². The normalized spacial score (nSPS) is 18.4. The van der Waals surface area contributed by atoms with Crippen molar-refractivity contribution in [2.24, 2.45) is 0 Å². The van der Waals surface area contributed by atoms with Gasteiger partial charge in [0.25, 0.3) is 0 Å². The van der Waals surface area contributed by atoms with E-state index >= 15 is 0 Å². The number of hydrogen-bond donors (Lipinski definition) is 3. The van der Waals surface area contributed by atoms with Crippen LogP contribution in [0.2, 0.25) is 0 Å². The Balaban J connectivity index is 0.00000261. The first-order valence-electron chi connectivity index (χ1n) is 8.49. The summed E-state index contributed by atoms with van der Waals surface area (Å²) in [4.78, 5) is 25.5. The van der Waals surface area contributed by atoms with E-state index in [1.54, 1.807) is 23.7 Å². The third kappa shape index (κ3) is 5.18. The number of amides is 3. The van der Waals surface area contributed by atoms with Gasteiger partial charge in [-0.25, -0.2) is 9.48 Å². The molecule has 0 unspecified atom stereocenters. The molecule has 2 heterocycles. The number of benzene rings is 1. The van der Waals surface area contributed by atoms with Crippen molar-refractivity contribution >= 4 is 30.0 Å². The number of urea groups is 1. The van der Waals surface area contributed by atoms with Crippen LogP contribution >= 0.6 is 12.4 Å². The number of hydrogen-bond acceptors (Lipinski definition) is 5. The average molecular weight is 394 g/mol. The summed E-state index contributed by atoms with van der Waals surface area (Å²) in [5, 5.41) is 16.9. The number of carbonyl (C=O) groups excluding carboxylic acids is 2. The summed E-state index contributed by atoms with van der Waals surface area (Å²) >= 11 is 0. The fourth-order valence-corrected chi connectivity index (χ4v) is 2.91. The van der Waals surface area contributed by atoms with Gasteiger partial charge in [-0.15, -0.1) is 17.5 Å². The lowest BCUT2D eigenvalue weighted by molar-refractivity contribution is -0.122. The molecule has 2 atom stereocenters. The second-order valence-electron chi connectivity index (χ2n) is 6.31. The first kappa shape index (κ1) is 20.7. The van der Waals surface area contributed by atoms with Gasteiger partial charge in [-0.2, -0.15) is 0 Å². The van der Waals surface area contributed by atoms with Gasteiger partial charge in [-0.1, -0.05) is 23.4 Å². The van der Waals surface area contributed by atoms with Crippen LogP contribution in [0.3, 0.4) is 0 Å². The Kier molecular flexibility index (Phi) is 7.14. The first-order chi connectivity index (χ1) is 12.6. The summed E-state index contributed by atoms with van der Waals surface area (Å²) in [7, 11) is 3.33. The van der Waals surface area contributed by atoms with Gasteiger partial charge in [0.05, 0.1) is 24.8 Å². The molecule has 1 aromatic heterocycles. The van der Waals surface area contributed by atoms with Crippen molar-refractivity contribution < 1.29 is 9.59 Å². The van der Waals surface area contributed by atoms with Crippen molar-refractivity contribution in [1.82, 2.24) is 30.5 Å². The SMILES string of the molecule is CNC(=O)[C@@H]1C[C@H](n2cc(CN(C)C(=O)Nc3ccccc3)nn2)CN1.Cl. The van der Waals surface area contributed by atoms with Gasteiger partial charge in [-0.3, -0.25) is 4.79 Å². The minimum Gasteiger partial charge on any atom is -0.358 e. The third-order valence-electron chi connectivity index (χ3n) is 4.37. The minimum absolute atomic E-state index is 0. The van der Waals surface area contributed by atoms with Crippen molar-refractivity contribution in [1.29, 1.82) is 0 Å². The number of nitrogens with zero attached hydrogens (tertiary/aromatic N) is 4. The zero-order valence-corrected chi connectivity index (χ0v) is 16.1. The van der Waals surface area contributed by atoms with E-state index in [4.69, 9.17) is 0 Å². The zero-order chi connectivity index (χ0) is 18.5. The van der Waals surface area contributed by atoms with Crippen molar-refractivity contribution in [3.05, 3.63) is 42.2 Å². The molecule has 9 nitrogen and oxygen atoms in total. The Morgan fingerprint density at radius 3 is 2.78 bits per heavy atom. The highest BCUT2D eigenvalue weighted by atomic mass is 35.5. The fourth-order valence-electron chi connectivity index (χ4n) is 2.91. The summed E-state index contributed by atoms with van der Waals surface area (Å²) in [6.07, 6.45) is 2.48. The van der Waals surface area contributed by atoms with Gasteiger partial charge < -0.3 is 20.9 Å².